The molecule has 2 atom stereocenters. The second-order valence-electron chi connectivity index (χ2n) is 8.52. The van der Waals surface area contributed by atoms with E-state index in [1.165, 1.54) is 12.0 Å². The first-order chi connectivity index (χ1) is 11.9. The molecule has 134 valence electrons. The van der Waals surface area contributed by atoms with Gasteiger partial charge < -0.3 is 9.64 Å². The first-order valence-electron chi connectivity index (χ1n) is 9.49. The minimum absolute atomic E-state index is 0.107. The van der Waals surface area contributed by atoms with Gasteiger partial charge in [0.2, 0.25) is 5.91 Å². The zero-order valence-electron chi connectivity index (χ0n) is 15.3. The van der Waals surface area contributed by atoms with Gasteiger partial charge in [-0.25, -0.2) is 0 Å². The number of aromatic nitrogens is 1. The molecule has 25 heavy (non-hydrogen) atoms. The molecule has 0 N–H and O–H groups in total. The van der Waals surface area contributed by atoms with Crippen LogP contribution in [0.5, 0.6) is 5.75 Å². The predicted octanol–water partition coefficient (Wildman–Crippen LogP) is 3.83. The highest BCUT2D eigenvalue weighted by molar-refractivity contribution is 5.87. The van der Waals surface area contributed by atoms with Gasteiger partial charge >= 0.3 is 0 Å². The van der Waals surface area contributed by atoms with Gasteiger partial charge in [0.1, 0.15) is 11.9 Å². The fourth-order valence-corrected chi connectivity index (χ4v) is 5.21. The number of ether oxygens (including phenoxy) is 1. The van der Waals surface area contributed by atoms with Crippen LogP contribution in [-0.2, 0) is 4.79 Å². The van der Waals surface area contributed by atoms with Crippen LogP contribution in [0.1, 0.15) is 46.0 Å². The molecule has 0 spiro atoms. The highest BCUT2D eigenvalue weighted by Crippen LogP contribution is 2.66. The summed E-state index contributed by atoms with van der Waals surface area (Å²) in [6.07, 6.45) is 8.60. The molecule has 2 bridgehead atoms. The maximum absolute atomic E-state index is 13.4. The number of likely N-dealkylation sites (tertiary alicyclic amines) is 1. The quantitative estimate of drug-likeness (QED) is 0.785. The standard InChI is InChI=1S/C21H28N2O2/c1-15-20(2,3)16-6-9-21(15,13-16)19(24)23-11-7-17(8-12-23)25-18-5-4-10-22-14-18/h4-5,10,14,16-17H,1,6-9,11-13H2,2-3H3/t16-,21-/m1/s1. The van der Waals surface area contributed by atoms with Crippen molar-refractivity contribution in [3.8, 4) is 5.75 Å². The lowest BCUT2D eigenvalue weighted by Gasteiger charge is -2.41. The molecule has 1 aromatic rings. The van der Waals surface area contributed by atoms with E-state index in [1.807, 2.05) is 12.1 Å². The van der Waals surface area contributed by atoms with Crippen LogP contribution in [0.2, 0.25) is 0 Å². The van der Waals surface area contributed by atoms with Gasteiger partial charge in [-0.3, -0.25) is 9.78 Å². The number of hydrogen-bond acceptors (Lipinski definition) is 3. The molecule has 2 saturated carbocycles. The largest absolute Gasteiger partial charge is 0.489 e. The molecule has 1 aromatic heterocycles. The van der Waals surface area contributed by atoms with E-state index in [4.69, 9.17) is 4.74 Å². The maximum Gasteiger partial charge on any atom is 0.232 e. The second-order valence-corrected chi connectivity index (χ2v) is 8.52. The number of fused-ring (bicyclic) bond motifs is 2. The summed E-state index contributed by atoms with van der Waals surface area (Å²) < 4.78 is 6.00. The smallest absolute Gasteiger partial charge is 0.232 e. The van der Waals surface area contributed by atoms with Crippen molar-refractivity contribution in [2.45, 2.75) is 52.1 Å². The van der Waals surface area contributed by atoms with E-state index < -0.39 is 0 Å². The van der Waals surface area contributed by atoms with Crippen LogP contribution >= 0.6 is 0 Å². The molecule has 4 heteroatoms. The van der Waals surface area contributed by atoms with Crippen LogP contribution in [0.15, 0.2) is 36.7 Å². The summed E-state index contributed by atoms with van der Waals surface area (Å²) in [5.74, 6) is 1.76. The highest BCUT2D eigenvalue weighted by Gasteiger charge is 2.61. The zero-order valence-corrected chi connectivity index (χ0v) is 15.3. The summed E-state index contributed by atoms with van der Waals surface area (Å²) >= 11 is 0. The van der Waals surface area contributed by atoms with Gasteiger partial charge in [-0.1, -0.05) is 26.0 Å². The highest BCUT2D eigenvalue weighted by atomic mass is 16.5. The number of pyridine rings is 1. The Morgan fingerprint density at radius 1 is 1.32 bits per heavy atom. The first-order valence-corrected chi connectivity index (χ1v) is 9.49. The Labute approximate surface area is 150 Å². The van der Waals surface area contributed by atoms with Crippen LogP contribution in [0.3, 0.4) is 0 Å². The van der Waals surface area contributed by atoms with Gasteiger partial charge in [0.05, 0.1) is 11.6 Å². The molecule has 1 aliphatic heterocycles. The second kappa shape index (κ2) is 5.86. The van der Waals surface area contributed by atoms with E-state index in [0.29, 0.717) is 11.8 Å². The first kappa shape index (κ1) is 16.6. The molecule has 3 fully saturated rings. The minimum atomic E-state index is -0.286. The Bertz CT molecular complexity index is 676. The lowest BCUT2D eigenvalue weighted by molar-refractivity contribution is -0.141. The molecule has 2 heterocycles. The monoisotopic (exact) mass is 340 g/mol. The summed E-state index contributed by atoms with van der Waals surface area (Å²) in [5.41, 5.74) is 0.996. The van der Waals surface area contributed by atoms with Crippen LogP contribution in [0.4, 0.5) is 0 Å². The molecular weight excluding hydrogens is 312 g/mol. The number of carbonyl (C=O) groups is 1. The fraction of sp³-hybridized carbons (Fsp3) is 0.619. The van der Waals surface area contributed by atoms with Gasteiger partial charge in [-0.2, -0.15) is 0 Å². The van der Waals surface area contributed by atoms with Gasteiger partial charge in [-0.15, -0.1) is 0 Å². The molecule has 3 aliphatic rings. The Hall–Kier alpha value is -1.84. The third-order valence-electron chi connectivity index (χ3n) is 6.97. The summed E-state index contributed by atoms with van der Waals surface area (Å²) in [7, 11) is 0. The molecule has 0 unspecified atom stereocenters. The lowest BCUT2D eigenvalue weighted by atomic mass is 9.68. The van der Waals surface area contributed by atoms with E-state index in [2.05, 4.69) is 30.3 Å². The summed E-state index contributed by atoms with van der Waals surface area (Å²) in [6, 6.07) is 3.82. The van der Waals surface area contributed by atoms with Crippen molar-refractivity contribution in [2.24, 2.45) is 16.7 Å². The lowest BCUT2D eigenvalue weighted by Crippen LogP contribution is -2.49. The number of nitrogens with zero attached hydrogens (tertiary/aromatic N) is 2. The van der Waals surface area contributed by atoms with E-state index in [1.54, 1.807) is 12.4 Å². The molecule has 1 saturated heterocycles. The van der Waals surface area contributed by atoms with Crippen molar-refractivity contribution in [1.29, 1.82) is 0 Å². The van der Waals surface area contributed by atoms with Crippen molar-refractivity contribution in [2.75, 3.05) is 13.1 Å². The van der Waals surface area contributed by atoms with Gasteiger partial charge in [0, 0.05) is 32.1 Å². The number of piperidine rings is 1. The van der Waals surface area contributed by atoms with Crippen LogP contribution in [0, 0.1) is 16.7 Å². The normalized spacial score (nSPS) is 31.4. The number of rotatable bonds is 3. The van der Waals surface area contributed by atoms with Crippen molar-refractivity contribution in [3.05, 3.63) is 36.7 Å². The third-order valence-corrected chi connectivity index (χ3v) is 6.97. The average molecular weight is 340 g/mol. The number of amides is 1. The third kappa shape index (κ3) is 2.57. The Balaban J connectivity index is 1.40. The van der Waals surface area contributed by atoms with Crippen molar-refractivity contribution in [3.63, 3.8) is 0 Å². The van der Waals surface area contributed by atoms with E-state index >= 15 is 0 Å². The molecule has 0 radical (unpaired) electrons. The van der Waals surface area contributed by atoms with Crippen LogP contribution in [0.25, 0.3) is 0 Å². The van der Waals surface area contributed by atoms with E-state index in [0.717, 1.165) is 44.5 Å². The molecular formula is C21H28N2O2. The van der Waals surface area contributed by atoms with Crippen molar-refractivity contribution >= 4 is 5.91 Å². The fourth-order valence-electron chi connectivity index (χ4n) is 5.21. The zero-order chi connectivity index (χ0) is 17.7. The average Bonchev–Trinajstić information content (AvgIpc) is 3.15. The van der Waals surface area contributed by atoms with E-state index in [-0.39, 0.29) is 16.9 Å². The van der Waals surface area contributed by atoms with Crippen molar-refractivity contribution < 1.29 is 9.53 Å². The summed E-state index contributed by atoms with van der Waals surface area (Å²) in [5, 5.41) is 0. The molecule has 2 aliphatic carbocycles. The van der Waals surface area contributed by atoms with Crippen molar-refractivity contribution in [1.82, 2.24) is 9.88 Å². The molecule has 1 amide bonds. The van der Waals surface area contributed by atoms with Gasteiger partial charge in [-0.05, 0) is 42.7 Å². The Morgan fingerprint density at radius 3 is 2.68 bits per heavy atom. The minimum Gasteiger partial charge on any atom is -0.489 e. The Morgan fingerprint density at radius 2 is 2.08 bits per heavy atom. The SMILES string of the molecule is C=C1C(C)(C)[C@@H]2CC[C@@]1(C(=O)N1CCC(Oc3cccnc3)CC1)C2. The van der Waals surface area contributed by atoms with E-state index in [9.17, 15) is 4.79 Å². The molecule has 4 nitrogen and oxygen atoms in total. The Kier molecular flexibility index (Phi) is 3.89. The van der Waals surface area contributed by atoms with Crippen LogP contribution < -0.4 is 4.74 Å². The number of carbonyl (C=O) groups excluding carboxylic acids is 1. The maximum atomic E-state index is 13.4. The topological polar surface area (TPSA) is 42.4 Å². The van der Waals surface area contributed by atoms with Gasteiger partial charge in [0.25, 0.3) is 0 Å². The molecule has 4 rings (SSSR count). The molecule has 0 aromatic carbocycles. The van der Waals surface area contributed by atoms with Gasteiger partial charge in [0.15, 0.2) is 0 Å². The summed E-state index contributed by atoms with van der Waals surface area (Å²) in [4.78, 5) is 19.5. The predicted molar refractivity (Wildman–Crippen MR) is 97.2 cm³/mol. The van der Waals surface area contributed by atoms with Crippen LogP contribution in [-0.4, -0.2) is 35.0 Å². The summed E-state index contributed by atoms with van der Waals surface area (Å²) in [6.45, 7) is 10.5. The number of hydrogen-bond donors (Lipinski definition) is 0.